The monoisotopic (exact) mass is 510 g/mol. The molecule has 0 aliphatic carbocycles. The third-order valence-corrected chi connectivity index (χ3v) is 6.14. The molecule has 4 aromatic heterocycles. The Morgan fingerprint density at radius 2 is 1.94 bits per heavy atom. The SMILES string of the molecule is CC.CCCN(CC(CS)c1nn2cccc2c(=O)n1-c1ccc(F)cc1)c1ncnc2nc[nH]c12.[HH]. The zero-order chi connectivity index (χ0) is 25.7. The summed E-state index contributed by atoms with van der Waals surface area (Å²) in [7, 11) is 0. The number of hydrogen-bond acceptors (Lipinski definition) is 7. The van der Waals surface area contributed by atoms with Crippen LogP contribution in [-0.2, 0) is 0 Å². The summed E-state index contributed by atoms with van der Waals surface area (Å²) >= 11 is 4.63. The summed E-state index contributed by atoms with van der Waals surface area (Å²) in [6, 6.07) is 9.33. The maximum absolute atomic E-state index is 13.6. The Kier molecular flexibility index (Phi) is 7.99. The van der Waals surface area contributed by atoms with E-state index in [2.05, 4.69) is 44.4 Å². The Hall–Kier alpha value is -3.73. The fourth-order valence-corrected chi connectivity index (χ4v) is 4.42. The van der Waals surface area contributed by atoms with Gasteiger partial charge in [-0.1, -0.05) is 20.8 Å². The molecule has 0 fully saturated rings. The van der Waals surface area contributed by atoms with Gasteiger partial charge in [-0.05, 0) is 42.8 Å². The second-order valence-electron chi connectivity index (χ2n) is 7.94. The van der Waals surface area contributed by atoms with Gasteiger partial charge in [0.2, 0.25) is 0 Å². The van der Waals surface area contributed by atoms with Crippen molar-refractivity contribution in [3.63, 3.8) is 0 Å². The predicted molar refractivity (Wildman–Crippen MR) is 145 cm³/mol. The summed E-state index contributed by atoms with van der Waals surface area (Å²) in [5.74, 6) is 1.08. The first-order chi connectivity index (χ1) is 17.6. The van der Waals surface area contributed by atoms with Crippen LogP contribution in [-0.4, -0.2) is 53.0 Å². The number of nitrogens with one attached hydrogen (secondary N) is 1. The van der Waals surface area contributed by atoms with Crippen molar-refractivity contribution in [3.8, 4) is 5.69 Å². The first-order valence-corrected chi connectivity index (χ1v) is 12.6. The minimum absolute atomic E-state index is 0. The Bertz CT molecular complexity index is 1500. The molecule has 5 rings (SSSR count). The van der Waals surface area contributed by atoms with Crippen LogP contribution in [0.3, 0.4) is 0 Å². The van der Waals surface area contributed by atoms with Gasteiger partial charge in [-0.3, -0.25) is 9.36 Å². The number of aromatic amines is 1. The number of anilines is 1. The number of halogens is 1. The van der Waals surface area contributed by atoms with Gasteiger partial charge >= 0.3 is 0 Å². The molecule has 4 heterocycles. The lowest BCUT2D eigenvalue weighted by Gasteiger charge is -2.28. The fourth-order valence-electron chi connectivity index (χ4n) is 4.14. The number of hydrogen-bond donors (Lipinski definition) is 2. The van der Waals surface area contributed by atoms with Crippen molar-refractivity contribution in [2.24, 2.45) is 0 Å². The van der Waals surface area contributed by atoms with Crippen LogP contribution in [0.25, 0.3) is 22.4 Å². The van der Waals surface area contributed by atoms with Crippen LogP contribution in [0.1, 0.15) is 40.4 Å². The predicted octanol–water partition coefficient (Wildman–Crippen LogP) is 4.49. The van der Waals surface area contributed by atoms with Gasteiger partial charge in [0, 0.05) is 32.4 Å². The third kappa shape index (κ3) is 4.83. The van der Waals surface area contributed by atoms with Gasteiger partial charge in [0.15, 0.2) is 11.5 Å². The third-order valence-electron chi connectivity index (χ3n) is 5.70. The van der Waals surface area contributed by atoms with Crippen LogP contribution in [0.4, 0.5) is 10.2 Å². The van der Waals surface area contributed by atoms with Crippen molar-refractivity contribution in [2.45, 2.75) is 33.1 Å². The number of imidazole rings is 1. The molecule has 11 heteroatoms. The lowest BCUT2D eigenvalue weighted by molar-refractivity contribution is 0.603. The summed E-state index contributed by atoms with van der Waals surface area (Å²) < 4.78 is 16.8. The first kappa shape index (κ1) is 25.4. The lowest BCUT2D eigenvalue weighted by Crippen LogP contribution is -2.35. The van der Waals surface area contributed by atoms with E-state index in [-0.39, 0.29) is 18.7 Å². The molecule has 0 radical (unpaired) electrons. The van der Waals surface area contributed by atoms with Crippen molar-refractivity contribution in [3.05, 3.63) is 77.2 Å². The molecule has 0 amide bonds. The Morgan fingerprint density at radius 3 is 2.67 bits per heavy atom. The minimum Gasteiger partial charge on any atom is -0.354 e. The van der Waals surface area contributed by atoms with Gasteiger partial charge in [-0.15, -0.1) is 0 Å². The summed E-state index contributed by atoms with van der Waals surface area (Å²) in [5.41, 5.74) is 2.09. The van der Waals surface area contributed by atoms with Crippen molar-refractivity contribution in [1.29, 1.82) is 0 Å². The van der Waals surface area contributed by atoms with Crippen molar-refractivity contribution >= 4 is 35.1 Å². The molecule has 0 aliphatic heterocycles. The molecule has 0 saturated carbocycles. The van der Waals surface area contributed by atoms with Crippen LogP contribution >= 0.6 is 12.6 Å². The number of rotatable bonds is 8. The first-order valence-electron chi connectivity index (χ1n) is 12.0. The molecule has 1 N–H and O–H groups in total. The second kappa shape index (κ2) is 11.3. The molecular formula is C25H31FN8OS. The van der Waals surface area contributed by atoms with E-state index in [0.717, 1.165) is 24.3 Å². The van der Waals surface area contributed by atoms with Crippen LogP contribution < -0.4 is 10.5 Å². The summed E-state index contributed by atoms with van der Waals surface area (Å²) in [6.07, 6.45) is 5.72. The number of benzene rings is 1. The number of thiol groups is 1. The quantitative estimate of drug-likeness (QED) is 0.299. The standard InChI is InChI=1S/C23H23FN8OS.C2H6.H2/c1-2-9-30(22-19-20(26-13-25-19)27-14-28-22)11-15(12-34)21-29-31-10-3-4-18(31)23(33)32(21)17-7-5-16(24)6-8-17;1-2;/h3-8,10,13-15,34H,2,9,11-12H2,1H3,(H,25,26,27,28);1-2H3;1H. The maximum atomic E-state index is 13.6. The fraction of sp³-hybridized carbons (Fsp3) is 0.320. The number of H-pyrrole nitrogens is 1. The molecule has 1 aromatic carbocycles. The number of fused-ring (bicyclic) bond motifs is 2. The molecule has 0 spiro atoms. The molecule has 5 aromatic rings. The van der Waals surface area contributed by atoms with E-state index in [0.29, 0.717) is 35.0 Å². The molecule has 9 nitrogen and oxygen atoms in total. The average Bonchev–Trinajstić information content (AvgIpc) is 3.58. The number of aromatic nitrogens is 7. The Labute approximate surface area is 214 Å². The summed E-state index contributed by atoms with van der Waals surface area (Å²) in [4.78, 5) is 31.7. The van der Waals surface area contributed by atoms with E-state index in [9.17, 15) is 9.18 Å². The highest BCUT2D eigenvalue weighted by Crippen LogP contribution is 2.25. The van der Waals surface area contributed by atoms with Crippen LogP contribution in [0.2, 0.25) is 0 Å². The van der Waals surface area contributed by atoms with Crippen LogP contribution in [0.15, 0.2) is 60.0 Å². The van der Waals surface area contributed by atoms with Crippen molar-refractivity contribution < 1.29 is 5.82 Å². The molecular weight excluding hydrogens is 479 g/mol. The van der Waals surface area contributed by atoms with Crippen LogP contribution in [0.5, 0.6) is 0 Å². The molecule has 190 valence electrons. The topological polar surface area (TPSA) is 97.0 Å². The Balaban J connectivity index is 0.00000124. The van der Waals surface area contributed by atoms with E-state index < -0.39 is 0 Å². The number of nitrogens with zero attached hydrogens (tertiary/aromatic N) is 7. The van der Waals surface area contributed by atoms with E-state index in [1.54, 1.807) is 45.9 Å². The normalized spacial score (nSPS) is 11.9. The van der Waals surface area contributed by atoms with Gasteiger partial charge in [0.1, 0.15) is 29.0 Å². The zero-order valence-electron chi connectivity index (χ0n) is 20.5. The summed E-state index contributed by atoms with van der Waals surface area (Å²) in [5, 5.41) is 4.78. The molecule has 36 heavy (non-hydrogen) atoms. The highest BCUT2D eigenvalue weighted by molar-refractivity contribution is 7.80. The van der Waals surface area contributed by atoms with Crippen molar-refractivity contribution in [1.82, 2.24) is 34.1 Å². The lowest BCUT2D eigenvalue weighted by atomic mass is 10.1. The molecule has 1 atom stereocenters. The van der Waals surface area contributed by atoms with Gasteiger partial charge in [-0.2, -0.15) is 17.7 Å². The highest BCUT2D eigenvalue weighted by atomic mass is 32.1. The minimum atomic E-state index is -0.373. The molecule has 1 unspecified atom stereocenters. The van der Waals surface area contributed by atoms with Gasteiger partial charge < -0.3 is 9.88 Å². The van der Waals surface area contributed by atoms with E-state index in [4.69, 9.17) is 5.10 Å². The van der Waals surface area contributed by atoms with Gasteiger partial charge in [0.25, 0.3) is 5.56 Å². The highest BCUT2D eigenvalue weighted by Gasteiger charge is 2.25. The average molecular weight is 511 g/mol. The van der Waals surface area contributed by atoms with E-state index in [1.807, 2.05) is 13.8 Å². The van der Waals surface area contributed by atoms with Gasteiger partial charge in [0.05, 0.1) is 12.0 Å². The molecule has 0 saturated heterocycles. The Morgan fingerprint density at radius 1 is 1.17 bits per heavy atom. The van der Waals surface area contributed by atoms with Gasteiger partial charge in [-0.25, -0.2) is 23.9 Å². The zero-order valence-corrected chi connectivity index (χ0v) is 21.4. The van der Waals surface area contributed by atoms with Crippen LogP contribution in [0, 0.1) is 5.82 Å². The maximum Gasteiger partial charge on any atom is 0.282 e. The smallest absolute Gasteiger partial charge is 0.282 e. The summed E-state index contributed by atoms with van der Waals surface area (Å²) in [6.45, 7) is 7.32. The van der Waals surface area contributed by atoms with Crippen molar-refractivity contribution in [2.75, 3.05) is 23.7 Å². The molecule has 0 aliphatic rings. The van der Waals surface area contributed by atoms with E-state index in [1.165, 1.54) is 18.5 Å². The van der Waals surface area contributed by atoms with E-state index >= 15 is 0 Å². The molecule has 0 bridgehead atoms. The largest absolute Gasteiger partial charge is 0.354 e. The second-order valence-corrected chi connectivity index (χ2v) is 8.30.